The molecule has 1 aromatic rings. The highest BCUT2D eigenvalue weighted by Crippen LogP contribution is 1.98. The molecule has 0 amide bonds. The number of hydrogen-bond donors (Lipinski definition) is 1. The Morgan fingerprint density at radius 3 is 3.07 bits per heavy atom. The second-order valence-corrected chi connectivity index (χ2v) is 3.51. The van der Waals surface area contributed by atoms with Gasteiger partial charge >= 0.3 is 0 Å². The van der Waals surface area contributed by atoms with E-state index in [1.54, 1.807) is 6.33 Å². The zero-order chi connectivity index (χ0) is 10.4. The molecular weight excluding hydrogens is 176 g/mol. The highest BCUT2D eigenvalue weighted by Gasteiger charge is 2.03. The number of aromatic nitrogens is 3. The molecule has 1 unspecified atom stereocenters. The lowest BCUT2D eigenvalue weighted by atomic mass is 10.2. The summed E-state index contributed by atoms with van der Waals surface area (Å²) < 4.78 is 1.92. The zero-order valence-corrected chi connectivity index (χ0v) is 8.90. The van der Waals surface area contributed by atoms with E-state index in [1.165, 1.54) is 0 Å². The molecule has 1 N–H and O–H groups in total. The molecule has 0 bridgehead atoms. The van der Waals surface area contributed by atoms with Crippen LogP contribution in [0.3, 0.4) is 0 Å². The second kappa shape index (κ2) is 5.54. The third kappa shape index (κ3) is 3.30. The molecule has 14 heavy (non-hydrogen) atoms. The molecule has 1 atom stereocenters. The van der Waals surface area contributed by atoms with Crippen molar-refractivity contribution in [3.63, 3.8) is 0 Å². The zero-order valence-electron chi connectivity index (χ0n) is 8.90. The topological polar surface area (TPSA) is 42.7 Å². The summed E-state index contributed by atoms with van der Waals surface area (Å²) in [5.41, 5.74) is 0. The van der Waals surface area contributed by atoms with E-state index in [2.05, 4.69) is 29.0 Å². The first-order chi connectivity index (χ1) is 6.74. The molecule has 0 aliphatic rings. The van der Waals surface area contributed by atoms with E-state index >= 15 is 0 Å². The predicted molar refractivity (Wildman–Crippen MR) is 56.7 cm³/mol. The summed E-state index contributed by atoms with van der Waals surface area (Å²) in [4.78, 5) is 0. The standard InChI is InChI=1S/C10H18N4/c1-4-5-6-9(2)11-7-10-13-12-8-14(10)3/h4,8-9,11H,1,5-7H2,2-3H3. The molecule has 78 valence electrons. The molecule has 0 fully saturated rings. The SMILES string of the molecule is C=CCCC(C)NCc1nncn1C. The quantitative estimate of drug-likeness (QED) is 0.693. The summed E-state index contributed by atoms with van der Waals surface area (Å²) in [6, 6.07) is 0.490. The van der Waals surface area contributed by atoms with E-state index in [1.807, 2.05) is 17.7 Å². The Kier molecular flexibility index (Phi) is 4.32. The number of aryl methyl sites for hydroxylation is 1. The first kappa shape index (κ1) is 10.9. The van der Waals surface area contributed by atoms with Gasteiger partial charge < -0.3 is 9.88 Å². The summed E-state index contributed by atoms with van der Waals surface area (Å²) in [7, 11) is 1.95. The number of rotatable bonds is 6. The second-order valence-electron chi connectivity index (χ2n) is 3.51. The van der Waals surface area contributed by atoms with Gasteiger partial charge in [-0.1, -0.05) is 6.08 Å². The van der Waals surface area contributed by atoms with Gasteiger partial charge in [0.25, 0.3) is 0 Å². The Morgan fingerprint density at radius 2 is 2.50 bits per heavy atom. The third-order valence-corrected chi connectivity index (χ3v) is 2.22. The van der Waals surface area contributed by atoms with Crippen molar-refractivity contribution in [1.29, 1.82) is 0 Å². The molecule has 1 aromatic heterocycles. The van der Waals surface area contributed by atoms with Crippen molar-refractivity contribution in [3.05, 3.63) is 24.8 Å². The molecular formula is C10H18N4. The van der Waals surface area contributed by atoms with Crippen LogP contribution in [-0.4, -0.2) is 20.8 Å². The van der Waals surface area contributed by atoms with Gasteiger partial charge in [0.2, 0.25) is 0 Å². The maximum absolute atomic E-state index is 4.00. The first-order valence-electron chi connectivity index (χ1n) is 4.91. The van der Waals surface area contributed by atoms with E-state index in [9.17, 15) is 0 Å². The predicted octanol–water partition coefficient (Wildman–Crippen LogP) is 1.26. The van der Waals surface area contributed by atoms with Gasteiger partial charge in [0.15, 0.2) is 0 Å². The Hall–Kier alpha value is -1.16. The normalized spacial score (nSPS) is 12.7. The summed E-state index contributed by atoms with van der Waals surface area (Å²) in [5, 5.41) is 11.2. The number of nitrogens with one attached hydrogen (secondary N) is 1. The van der Waals surface area contributed by atoms with Crippen LogP contribution >= 0.6 is 0 Å². The van der Waals surface area contributed by atoms with E-state index in [0.29, 0.717) is 6.04 Å². The van der Waals surface area contributed by atoms with Crippen LogP contribution < -0.4 is 5.32 Å². The molecule has 4 heteroatoms. The number of allylic oxidation sites excluding steroid dienone is 1. The van der Waals surface area contributed by atoms with Gasteiger partial charge in [0.05, 0.1) is 6.54 Å². The Bertz CT molecular complexity index is 279. The van der Waals surface area contributed by atoms with Crippen LogP contribution in [0.4, 0.5) is 0 Å². The fraction of sp³-hybridized carbons (Fsp3) is 0.600. The van der Waals surface area contributed by atoms with Crippen molar-refractivity contribution in [2.45, 2.75) is 32.4 Å². The van der Waals surface area contributed by atoms with Crippen LogP contribution in [0.5, 0.6) is 0 Å². The summed E-state index contributed by atoms with van der Waals surface area (Å²) in [5.74, 6) is 0.968. The lowest BCUT2D eigenvalue weighted by Gasteiger charge is -2.11. The van der Waals surface area contributed by atoms with Gasteiger partial charge in [-0.2, -0.15) is 0 Å². The first-order valence-corrected chi connectivity index (χ1v) is 4.91. The summed E-state index contributed by atoms with van der Waals surface area (Å²) >= 11 is 0. The Balaban J connectivity index is 2.26. The number of nitrogens with zero attached hydrogens (tertiary/aromatic N) is 3. The lowest BCUT2D eigenvalue weighted by Crippen LogP contribution is -2.26. The summed E-state index contributed by atoms with van der Waals surface area (Å²) in [6.45, 7) is 6.64. The van der Waals surface area contributed by atoms with Gasteiger partial charge in [0.1, 0.15) is 12.2 Å². The van der Waals surface area contributed by atoms with Crippen LogP contribution in [0.25, 0.3) is 0 Å². The van der Waals surface area contributed by atoms with E-state index in [0.717, 1.165) is 25.2 Å². The lowest BCUT2D eigenvalue weighted by molar-refractivity contribution is 0.502. The van der Waals surface area contributed by atoms with Crippen LogP contribution in [0, 0.1) is 0 Å². The maximum atomic E-state index is 4.00. The molecule has 0 aliphatic heterocycles. The maximum Gasteiger partial charge on any atom is 0.146 e. The fourth-order valence-electron chi connectivity index (χ4n) is 1.20. The molecule has 0 saturated heterocycles. The van der Waals surface area contributed by atoms with Crippen LogP contribution in [0.1, 0.15) is 25.6 Å². The van der Waals surface area contributed by atoms with E-state index < -0.39 is 0 Å². The van der Waals surface area contributed by atoms with Crippen molar-refractivity contribution in [1.82, 2.24) is 20.1 Å². The molecule has 4 nitrogen and oxygen atoms in total. The fourth-order valence-corrected chi connectivity index (χ4v) is 1.20. The minimum Gasteiger partial charge on any atom is -0.320 e. The molecule has 0 aromatic carbocycles. The van der Waals surface area contributed by atoms with E-state index in [4.69, 9.17) is 0 Å². The number of hydrogen-bond acceptors (Lipinski definition) is 3. The third-order valence-electron chi connectivity index (χ3n) is 2.22. The van der Waals surface area contributed by atoms with Gasteiger partial charge in [-0.05, 0) is 19.8 Å². The van der Waals surface area contributed by atoms with Crippen molar-refractivity contribution in [3.8, 4) is 0 Å². The molecule has 0 radical (unpaired) electrons. The van der Waals surface area contributed by atoms with Gasteiger partial charge in [-0.3, -0.25) is 0 Å². The van der Waals surface area contributed by atoms with Gasteiger partial charge in [-0.15, -0.1) is 16.8 Å². The van der Waals surface area contributed by atoms with Crippen molar-refractivity contribution in [2.24, 2.45) is 7.05 Å². The Labute approximate surface area is 85.0 Å². The molecule has 0 aliphatic carbocycles. The summed E-state index contributed by atoms with van der Waals surface area (Å²) in [6.07, 6.45) is 5.82. The minimum absolute atomic E-state index is 0.490. The Morgan fingerprint density at radius 1 is 1.71 bits per heavy atom. The molecule has 1 heterocycles. The average molecular weight is 194 g/mol. The largest absolute Gasteiger partial charge is 0.320 e. The van der Waals surface area contributed by atoms with Gasteiger partial charge in [0, 0.05) is 13.1 Å². The van der Waals surface area contributed by atoms with Crippen LogP contribution in [0.2, 0.25) is 0 Å². The van der Waals surface area contributed by atoms with Gasteiger partial charge in [-0.25, -0.2) is 0 Å². The molecule has 0 spiro atoms. The van der Waals surface area contributed by atoms with Crippen LogP contribution in [-0.2, 0) is 13.6 Å². The highest BCUT2D eigenvalue weighted by molar-refractivity contribution is 4.84. The molecule has 1 rings (SSSR count). The van der Waals surface area contributed by atoms with E-state index in [-0.39, 0.29) is 0 Å². The highest BCUT2D eigenvalue weighted by atomic mass is 15.3. The van der Waals surface area contributed by atoms with Crippen molar-refractivity contribution in [2.75, 3.05) is 0 Å². The average Bonchev–Trinajstić information content (AvgIpc) is 2.58. The minimum atomic E-state index is 0.490. The monoisotopic (exact) mass is 194 g/mol. The van der Waals surface area contributed by atoms with Crippen molar-refractivity contribution >= 4 is 0 Å². The van der Waals surface area contributed by atoms with Crippen molar-refractivity contribution < 1.29 is 0 Å². The molecule has 0 saturated carbocycles. The smallest absolute Gasteiger partial charge is 0.146 e. The van der Waals surface area contributed by atoms with Crippen LogP contribution in [0.15, 0.2) is 19.0 Å².